The van der Waals surface area contributed by atoms with Crippen LogP contribution in [0, 0.1) is 0 Å². The molecule has 3 N–H and O–H groups in total. The zero-order chi connectivity index (χ0) is 14.1. The first-order valence-electron chi connectivity index (χ1n) is 6.29. The summed E-state index contributed by atoms with van der Waals surface area (Å²) < 4.78 is 0. The lowest BCUT2D eigenvalue weighted by atomic mass is 10.2. The van der Waals surface area contributed by atoms with Crippen LogP contribution in [-0.4, -0.2) is 34.7 Å². The van der Waals surface area contributed by atoms with E-state index >= 15 is 0 Å². The van der Waals surface area contributed by atoms with Crippen LogP contribution in [0.1, 0.15) is 25.3 Å². The van der Waals surface area contributed by atoms with Crippen LogP contribution >= 0.6 is 0 Å². The van der Waals surface area contributed by atoms with Crippen molar-refractivity contribution in [3.05, 3.63) is 30.1 Å². The van der Waals surface area contributed by atoms with Gasteiger partial charge in [-0.05, 0) is 24.5 Å². The van der Waals surface area contributed by atoms with Gasteiger partial charge < -0.3 is 15.7 Å². The highest BCUT2D eigenvalue weighted by atomic mass is 16.4. The number of carbonyl (C=O) groups excluding carboxylic acids is 1. The molecule has 1 aromatic heterocycles. The molecule has 1 atom stereocenters. The van der Waals surface area contributed by atoms with Crippen molar-refractivity contribution >= 4 is 12.0 Å². The summed E-state index contributed by atoms with van der Waals surface area (Å²) in [6, 6.07) is 2.47. The molecule has 0 radical (unpaired) electrons. The lowest BCUT2D eigenvalue weighted by molar-refractivity contribution is -0.139. The number of amides is 2. The molecule has 0 bridgehead atoms. The molecule has 0 aliphatic rings. The molecular formula is C13H19N3O3. The molecule has 6 nitrogen and oxygen atoms in total. The summed E-state index contributed by atoms with van der Waals surface area (Å²) >= 11 is 0. The Bertz CT molecular complexity index is 409. The van der Waals surface area contributed by atoms with Crippen LogP contribution in [0.3, 0.4) is 0 Å². The summed E-state index contributed by atoms with van der Waals surface area (Å²) in [5.74, 6) is -1.01. The van der Waals surface area contributed by atoms with E-state index in [-0.39, 0.29) is 0 Å². The van der Waals surface area contributed by atoms with E-state index in [2.05, 4.69) is 15.6 Å². The maximum absolute atomic E-state index is 11.5. The number of nitrogens with zero attached hydrogens (tertiary/aromatic N) is 1. The van der Waals surface area contributed by atoms with Gasteiger partial charge in [0.25, 0.3) is 0 Å². The Kier molecular flexibility index (Phi) is 6.35. The van der Waals surface area contributed by atoms with E-state index in [4.69, 9.17) is 5.11 Å². The SMILES string of the molecule is CCC[C@@H](NC(=O)NCCc1cccnc1)C(=O)O. The van der Waals surface area contributed by atoms with Crippen LogP contribution < -0.4 is 10.6 Å². The van der Waals surface area contributed by atoms with Gasteiger partial charge in [0, 0.05) is 18.9 Å². The number of aliphatic carboxylic acids is 1. The third-order valence-electron chi connectivity index (χ3n) is 2.60. The molecule has 0 aliphatic carbocycles. The summed E-state index contributed by atoms with van der Waals surface area (Å²) in [5, 5.41) is 14.0. The second-order valence-corrected chi connectivity index (χ2v) is 4.19. The van der Waals surface area contributed by atoms with Gasteiger partial charge >= 0.3 is 12.0 Å². The normalized spacial score (nSPS) is 11.6. The van der Waals surface area contributed by atoms with E-state index in [1.54, 1.807) is 12.4 Å². The van der Waals surface area contributed by atoms with Crippen LogP contribution in [0.5, 0.6) is 0 Å². The van der Waals surface area contributed by atoms with Crippen molar-refractivity contribution in [3.8, 4) is 0 Å². The van der Waals surface area contributed by atoms with E-state index < -0.39 is 18.0 Å². The van der Waals surface area contributed by atoms with Gasteiger partial charge in [0.15, 0.2) is 0 Å². The highest BCUT2D eigenvalue weighted by Crippen LogP contribution is 1.97. The van der Waals surface area contributed by atoms with Gasteiger partial charge in [0.1, 0.15) is 6.04 Å². The fourth-order valence-electron chi connectivity index (χ4n) is 1.62. The number of pyridine rings is 1. The maximum atomic E-state index is 11.5. The fourth-order valence-corrected chi connectivity index (χ4v) is 1.62. The summed E-state index contributed by atoms with van der Waals surface area (Å²) in [6.07, 6.45) is 5.20. The molecule has 0 saturated heterocycles. The Labute approximate surface area is 112 Å². The lowest BCUT2D eigenvalue weighted by Gasteiger charge is -2.14. The Hall–Kier alpha value is -2.11. The fraction of sp³-hybridized carbons (Fsp3) is 0.462. The average Bonchev–Trinajstić information content (AvgIpc) is 2.39. The topological polar surface area (TPSA) is 91.3 Å². The first kappa shape index (κ1) is 14.9. The van der Waals surface area contributed by atoms with E-state index in [0.29, 0.717) is 25.8 Å². The first-order valence-corrected chi connectivity index (χ1v) is 6.29. The predicted molar refractivity (Wildman–Crippen MR) is 70.8 cm³/mol. The van der Waals surface area contributed by atoms with Gasteiger partial charge in [-0.1, -0.05) is 19.4 Å². The number of urea groups is 1. The molecule has 19 heavy (non-hydrogen) atoms. The van der Waals surface area contributed by atoms with Gasteiger partial charge in [-0.3, -0.25) is 4.98 Å². The molecule has 1 rings (SSSR count). The second kappa shape index (κ2) is 8.07. The van der Waals surface area contributed by atoms with Gasteiger partial charge in [-0.15, -0.1) is 0 Å². The van der Waals surface area contributed by atoms with Crippen molar-refractivity contribution in [3.63, 3.8) is 0 Å². The summed E-state index contributed by atoms with van der Waals surface area (Å²) in [6.45, 7) is 2.31. The number of hydrogen-bond acceptors (Lipinski definition) is 3. The molecule has 0 aromatic carbocycles. The van der Waals surface area contributed by atoms with E-state index in [1.807, 2.05) is 19.1 Å². The van der Waals surface area contributed by atoms with E-state index in [9.17, 15) is 9.59 Å². The average molecular weight is 265 g/mol. The monoisotopic (exact) mass is 265 g/mol. The standard InChI is InChI=1S/C13H19N3O3/c1-2-4-11(12(17)18)16-13(19)15-8-6-10-5-3-7-14-9-10/h3,5,7,9,11H,2,4,6,8H2,1H3,(H,17,18)(H2,15,16,19)/t11-/m1/s1. The van der Waals surface area contributed by atoms with Crippen molar-refractivity contribution in [1.82, 2.24) is 15.6 Å². The molecule has 2 amide bonds. The molecule has 6 heteroatoms. The molecule has 0 unspecified atom stereocenters. The number of carbonyl (C=O) groups is 2. The molecule has 0 aliphatic heterocycles. The summed E-state index contributed by atoms with van der Waals surface area (Å²) in [7, 11) is 0. The van der Waals surface area contributed by atoms with Crippen molar-refractivity contribution in [2.24, 2.45) is 0 Å². The largest absolute Gasteiger partial charge is 0.480 e. The summed E-state index contributed by atoms with van der Waals surface area (Å²) in [4.78, 5) is 26.4. The van der Waals surface area contributed by atoms with Crippen LogP contribution in [0.4, 0.5) is 4.79 Å². The molecule has 1 aromatic rings. The van der Waals surface area contributed by atoms with Crippen LogP contribution in [-0.2, 0) is 11.2 Å². The summed E-state index contributed by atoms with van der Waals surface area (Å²) in [5.41, 5.74) is 1.02. The Balaban J connectivity index is 2.29. The second-order valence-electron chi connectivity index (χ2n) is 4.19. The minimum absolute atomic E-state index is 0.422. The highest BCUT2D eigenvalue weighted by molar-refractivity contribution is 5.82. The van der Waals surface area contributed by atoms with Crippen molar-refractivity contribution in [1.29, 1.82) is 0 Å². The minimum atomic E-state index is -1.01. The van der Waals surface area contributed by atoms with Gasteiger partial charge in [-0.2, -0.15) is 0 Å². The Morgan fingerprint density at radius 2 is 2.26 bits per heavy atom. The zero-order valence-corrected chi connectivity index (χ0v) is 10.9. The molecule has 0 fully saturated rings. The van der Waals surface area contributed by atoms with Crippen molar-refractivity contribution in [2.45, 2.75) is 32.2 Å². The Morgan fingerprint density at radius 3 is 2.84 bits per heavy atom. The van der Waals surface area contributed by atoms with Crippen molar-refractivity contribution in [2.75, 3.05) is 6.54 Å². The number of carboxylic acids is 1. The zero-order valence-electron chi connectivity index (χ0n) is 10.9. The smallest absolute Gasteiger partial charge is 0.326 e. The number of aromatic nitrogens is 1. The minimum Gasteiger partial charge on any atom is -0.480 e. The van der Waals surface area contributed by atoms with Gasteiger partial charge in [0.2, 0.25) is 0 Å². The third-order valence-corrected chi connectivity index (χ3v) is 2.60. The van der Waals surface area contributed by atoms with Gasteiger partial charge in [-0.25, -0.2) is 9.59 Å². The Morgan fingerprint density at radius 1 is 1.47 bits per heavy atom. The molecule has 0 spiro atoms. The van der Waals surface area contributed by atoms with E-state index in [0.717, 1.165) is 5.56 Å². The van der Waals surface area contributed by atoms with Crippen molar-refractivity contribution < 1.29 is 14.7 Å². The van der Waals surface area contributed by atoms with Gasteiger partial charge in [0.05, 0.1) is 0 Å². The third kappa shape index (κ3) is 5.85. The lowest BCUT2D eigenvalue weighted by Crippen LogP contribution is -2.46. The van der Waals surface area contributed by atoms with Crippen LogP contribution in [0.2, 0.25) is 0 Å². The first-order chi connectivity index (χ1) is 9.13. The van der Waals surface area contributed by atoms with E-state index in [1.165, 1.54) is 0 Å². The highest BCUT2D eigenvalue weighted by Gasteiger charge is 2.18. The molecular weight excluding hydrogens is 246 g/mol. The molecule has 104 valence electrons. The number of rotatable bonds is 7. The number of nitrogens with one attached hydrogen (secondary N) is 2. The molecule has 0 saturated carbocycles. The quantitative estimate of drug-likeness (QED) is 0.690. The maximum Gasteiger partial charge on any atom is 0.326 e. The van der Waals surface area contributed by atoms with Crippen LogP contribution in [0.15, 0.2) is 24.5 Å². The number of carboxylic acid groups (broad SMARTS) is 1. The predicted octanol–water partition coefficient (Wildman–Crippen LogP) is 1.18. The number of hydrogen-bond donors (Lipinski definition) is 3. The molecule has 1 heterocycles. The van der Waals surface area contributed by atoms with Crippen LogP contribution in [0.25, 0.3) is 0 Å².